The van der Waals surface area contributed by atoms with Gasteiger partial charge in [-0.2, -0.15) is 0 Å². The Labute approximate surface area is 135 Å². The number of hydrogen-bond acceptors (Lipinski definition) is 4. The van der Waals surface area contributed by atoms with E-state index in [9.17, 15) is 14.4 Å². The second kappa shape index (κ2) is 7.87. The largest absolute Gasteiger partial charge is 0.381 e. The maximum absolute atomic E-state index is 12.1. The molecule has 0 bridgehead atoms. The highest BCUT2D eigenvalue weighted by Crippen LogP contribution is 2.21. The normalized spacial score (nSPS) is 13.6. The van der Waals surface area contributed by atoms with Gasteiger partial charge in [0.25, 0.3) is 11.8 Å². The zero-order valence-corrected chi connectivity index (χ0v) is 13.5. The Kier molecular flexibility index (Phi) is 5.87. The summed E-state index contributed by atoms with van der Waals surface area (Å²) in [6.07, 6.45) is 0.695. The molecule has 0 spiro atoms. The lowest BCUT2D eigenvalue weighted by atomic mass is 10.1. The number of rotatable bonds is 8. The number of carbonyl (C=O) groups is 3. The van der Waals surface area contributed by atoms with Gasteiger partial charge in [0.15, 0.2) is 0 Å². The van der Waals surface area contributed by atoms with Crippen molar-refractivity contribution in [3.63, 3.8) is 0 Å². The van der Waals surface area contributed by atoms with Gasteiger partial charge in [0, 0.05) is 19.8 Å². The van der Waals surface area contributed by atoms with E-state index in [2.05, 4.69) is 19.2 Å². The van der Waals surface area contributed by atoms with E-state index in [1.807, 2.05) is 0 Å². The summed E-state index contributed by atoms with van der Waals surface area (Å²) in [7, 11) is 0. The molecule has 1 N–H and O–H groups in total. The van der Waals surface area contributed by atoms with Crippen LogP contribution in [0.15, 0.2) is 24.3 Å². The van der Waals surface area contributed by atoms with Crippen molar-refractivity contribution in [1.82, 2.24) is 10.2 Å². The molecule has 2 rings (SSSR count). The van der Waals surface area contributed by atoms with E-state index in [1.165, 1.54) is 0 Å². The molecule has 6 nitrogen and oxygen atoms in total. The molecular weight excluding hydrogens is 296 g/mol. The average molecular weight is 318 g/mol. The van der Waals surface area contributed by atoms with E-state index in [-0.39, 0.29) is 12.5 Å². The van der Waals surface area contributed by atoms with E-state index >= 15 is 0 Å². The second-order valence-corrected chi connectivity index (χ2v) is 5.91. The third-order valence-electron chi connectivity index (χ3n) is 3.42. The molecule has 0 atom stereocenters. The number of hydrogen-bond donors (Lipinski definition) is 1. The molecule has 0 fully saturated rings. The number of ether oxygens (including phenoxy) is 1. The van der Waals surface area contributed by atoms with Gasteiger partial charge in [0.2, 0.25) is 5.91 Å². The van der Waals surface area contributed by atoms with Crippen LogP contribution in [0.5, 0.6) is 0 Å². The van der Waals surface area contributed by atoms with E-state index in [1.54, 1.807) is 24.3 Å². The molecule has 124 valence electrons. The molecule has 0 radical (unpaired) electrons. The van der Waals surface area contributed by atoms with Crippen molar-refractivity contribution in [3.05, 3.63) is 35.4 Å². The fraction of sp³-hybridized carbons (Fsp3) is 0.471. The third-order valence-corrected chi connectivity index (χ3v) is 3.42. The van der Waals surface area contributed by atoms with Gasteiger partial charge in [-0.15, -0.1) is 0 Å². The van der Waals surface area contributed by atoms with Crippen molar-refractivity contribution in [3.8, 4) is 0 Å². The minimum Gasteiger partial charge on any atom is -0.381 e. The number of imide groups is 1. The van der Waals surface area contributed by atoms with Crippen molar-refractivity contribution in [2.75, 3.05) is 26.3 Å². The van der Waals surface area contributed by atoms with Gasteiger partial charge in [-0.1, -0.05) is 26.0 Å². The zero-order valence-electron chi connectivity index (χ0n) is 13.5. The molecule has 6 heteroatoms. The summed E-state index contributed by atoms with van der Waals surface area (Å²) in [6.45, 7) is 5.63. The summed E-state index contributed by atoms with van der Waals surface area (Å²) in [5, 5.41) is 2.70. The van der Waals surface area contributed by atoms with Crippen molar-refractivity contribution < 1.29 is 19.1 Å². The summed E-state index contributed by atoms with van der Waals surface area (Å²) in [5.41, 5.74) is 0.708. The topological polar surface area (TPSA) is 75.7 Å². The first-order chi connectivity index (χ1) is 11.0. The fourth-order valence-electron chi connectivity index (χ4n) is 2.30. The molecule has 1 aliphatic heterocycles. The predicted molar refractivity (Wildman–Crippen MR) is 85.1 cm³/mol. The third kappa shape index (κ3) is 4.39. The summed E-state index contributed by atoms with van der Waals surface area (Å²) in [6, 6.07) is 6.59. The molecular formula is C17H22N2O4. The molecule has 0 unspecified atom stereocenters. The Morgan fingerprint density at radius 1 is 1.17 bits per heavy atom. The Hall–Kier alpha value is -2.21. The van der Waals surface area contributed by atoms with E-state index < -0.39 is 11.8 Å². The van der Waals surface area contributed by atoms with Crippen LogP contribution < -0.4 is 5.32 Å². The van der Waals surface area contributed by atoms with Crippen molar-refractivity contribution in [1.29, 1.82) is 0 Å². The molecule has 1 aliphatic rings. The van der Waals surface area contributed by atoms with Crippen LogP contribution in [-0.2, 0) is 9.53 Å². The molecule has 1 aromatic carbocycles. The smallest absolute Gasteiger partial charge is 0.262 e. The summed E-state index contributed by atoms with van der Waals surface area (Å²) in [4.78, 5) is 37.1. The van der Waals surface area contributed by atoms with E-state index in [0.29, 0.717) is 43.2 Å². The Morgan fingerprint density at radius 3 is 2.35 bits per heavy atom. The first kappa shape index (κ1) is 17.1. The van der Waals surface area contributed by atoms with Crippen LogP contribution in [0.3, 0.4) is 0 Å². The summed E-state index contributed by atoms with van der Waals surface area (Å²) in [5.74, 6) is -0.691. The maximum Gasteiger partial charge on any atom is 0.262 e. The van der Waals surface area contributed by atoms with Crippen LogP contribution in [0.4, 0.5) is 0 Å². The molecule has 0 aromatic heterocycles. The molecule has 0 saturated heterocycles. The van der Waals surface area contributed by atoms with Crippen molar-refractivity contribution >= 4 is 17.7 Å². The maximum atomic E-state index is 12.1. The van der Waals surface area contributed by atoms with Gasteiger partial charge in [-0.25, -0.2) is 0 Å². The molecule has 23 heavy (non-hydrogen) atoms. The molecule has 0 aliphatic carbocycles. The SMILES string of the molecule is CC(C)COCCCNC(=O)CN1C(=O)c2ccccc2C1=O. The van der Waals surface area contributed by atoms with Crippen LogP contribution >= 0.6 is 0 Å². The molecule has 0 saturated carbocycles. The highest BCUT2D eigenvalue weighted by molar-refractivity contribution is 6.22. The minimum absolute atomic E-state index is 0.251. The van der Waals surface area contributed by atoms with Gasteiger partial charge in [0.05, 0.1) is 11.1 Å². The highest BCUT2D eigenvalue weighted by Gasteiger charge is 2.36. The Balaban J connectivity index is 1.74. The second-order valence-electron chi connectivity index (χ2n) is 5.91. The lowest BCUT2D eigenvalue weighted by Crippen LogP contribution is -2.40. The number of carbonyl (C=O) groups excluding carboxylic acids is 3. The van der Waals surface area contributed by atoms with E-state index in [0.717, 1.165) is 4.90 Å². The number of nitrogens with zero attached hydrogens (tertiary/aromatic N) is 1. The summed E-state index contributed by atoms with van der Waals surface area (Å²) >= 11 is 0. The monoisotopic (exact) mass is 318 g/mol. The first-order valence-corrected chi connectivity index (χ1v) is 7.80. The minimum atomic E-state index is -0.416. The van der Waals surface area contributed by atoms with Gasteiger partial charge < -0.3 is 10.1 Å². The Bertz CT molecular complexity index is 563. The van der Waals surface area contributed by atoms with Gasteiger partial charge in [-0.05, 0) is 24.5 Å². The molecule has 3 amide bonds. The first-order valence-electron chi connectivity index (χ1n) is 7.80. The van der Waals surface area contributed by atoms with Crippen LogP contribution in [0.25, 0.3) is 0 Å². The van der Waals surface area contributed by atoms with Crippen molar-refractivity contribution in [2.45, 2.75) is 20.3 Å². The van der Waals surface area contributed by atoms with Gasteiger partial charge >= 0.3 is 0 Å². The predicted octanol–water partition coefficient (Wildman–Crippen LogP) is 1.46. The standard InChI is InChI=1S/C17H22N2O4/c1-12(2)11-23-9-5-8-18-15(20)10-19-16(21)13-6-3-4-7-14(13)17(19)22/h3-4,6-7,12H,5,8-11H2,1-2H3,(H,18,20). The van der Waals surface area contributed by atoms with Gasteiger partial charge in [0.1, 0.15) is 6.54 Å². The number of fused-ring (bicyclic) bond motifs is 1. The van der Waals surface area contributed by atoms with Crippen LogP contribution in [0.1, 0.15) is 41.0 Å². The van der Waals surface area contributed by atoms with Crippen LogP contribution in [-0.4, -0.2) is 48.9 Å². The number of amides is 3. The summed E-state index contributed by atoms with van der Waals surface area (Å²) < 4.78 is 5.42. The van der Waals surface area contributed by atoms with Crippen molar-refractivity contribution in [2.24, 2.45) is 5.92 Å². The Morgan fingerprint density at radius 2 is 1.78 bits per heavy atom. The zero-order chi connectivity index (χ0) is 16.8. The highest BCUT2D eigenvalue weighted by atomic mass is 16.5. The molecule has 1 aromatic rings. The van der Waals surface area contributed by atoms with Crippen LogP contribution in [0, 0.1) is 5.92 Å². The number of nitrogens with one attached hydrogen (secondary N) is 1. The van der Waals surface area contributed by atoms with Gasteiger partial charge in [-0.3, -0.25) is 19.3 Å². The molecule has 1 heterocycles. The lowest BCUT2D eigenvalue weighted by molar-refractivity contribution is -0.121. The van der Waals surface area contributed by atoms with Crippen LogP contribution in [0.2, 0.25) is 0 Å². The quantitative estimate of drug-likeness (QED) is 0.581. The average Bonchev–Trinajstić information content (AvgIpc) is 2.76. The number of benzene rings is 1. The van der Waals surface area contributed by atoms with E-state index in [4.69, 9.17) is 4.74 Å². The lowest BCUT2D eigenvalue weighted by Gasteiger charge is -2.13. The fourth-order valence-corrected chi connectivity index (χ4v) is 2.30.